The fraction of sp³-hybridized carbons (Fsp3) is 0.188. The average molecular weight is 358 g/mol. The molecule has 8 heteroatoms. The SMILES string of the molecule is CS(=O)(=O)c1ccc(C(=O)OCc2ccccc2C(F)(F)F)cc1. The molecule has 0 fully saturated rings. The molecule has 0 amide bonds. The molecule has 128 valence electrons. The van der Waals surface area contributed by atoms with Crippen molar-refractivity contribution in [3.63, 3.8) is 0 Å². The van der Waals surface area contributed by atoms with Gasteiger partial charge in [-0.2, -0.15) is 13.2 Å². The molecule has 0 bridgehead atoms. The molecule has 0 aliphatic carbocycles. The predicted molar refractivity (Wildman–Crippen MR) is 80.1 cm³/mol. The molecule has 0 unspecified atom stereocenters. The maximum atomic E-state index is 12.9. The summed E-state index contributed by atoms with van der Waals surface area (Å²) < 4.78 is 66.1. The predicted octanol–water partition coefficient (Wildman–Crippen LogP) is 3.47. The van der Waals surface area contributed by atoms with Crippen LogP contribution in [0.2, 0.25) is 0 Å². The Balaban J connectivity index is 2.12. The van der Waals surface area contributed by atoms with E-state index in [0.717, 1.165) is 12.3 Å². The molecule has 2 rings (SSSR count). The number of benzene rings is 2. The number of sulfone groups is 1. The Morgan fingerprint density at radius 1 is 1.04 bits per heavy atom. The number of hydrogen-bond acceptors (Lipinski definition) is 4. The molecule has 0 aliphatic rings. The number of halogens is 3. The van der Waals surface area contributed by atoms with E-state index >= 15 is 0 Å². The van der Waals surface area contributed by atoms with Crippen LogP contribution in [-0.2, 0) is 27.4 Å². The molecule has 4 nitrogen and oxygen atoms in total. The van der Waals surface area contributed by atoms with Crippen molar-refractivity contribution in [1.82, 2.24) is 0 Å². The van der Waals surface area contributed by atoms with Gasteiger partial charge < -0.3 is 4.74 Å². The molecule has 0 heterocycles. The van der Waals surface area contributed by atoms with E-state index in [4.69, 9.17) is 4.74 Å². The second kappa shape index (κ2) is 6.64. The topological polar surface area (TPSA) is 60.4 Å². The number of hydrogen-bond donors (Lipinski definition) is 0. The molecule has 2 aromatic carbocycles. The summed E-state index contributed by atoms with van der Waals surface area (Å²) in [7, 11) is -3.40. The van der Waals surface area contributed by atoms with Crippen LogP contribution in [0.5, 0.6) is 0 Å². The summed E-state index contributed by atoms with van der Waals surface area (Å²) in [6.45, 7) is -0.539. The summed E-state index contributed by atoms with van der Waals surface area (Å²) in [6.07, 6.45) is -3.52. The van der Waals surface area contributed by atoms with Crippen LogP contribution in [0.3, 0.4) is 0 Å². The first kappa shape index (κ1) is 18.0. The third-order valence-corrected chi connectivity index (χ3v) is 4.33. The van der Waals surface area contributed by atoms with E-state index in [-0.39, 0.29) is 16.0 Å². The standard InChI is InChI=1S/C16H13F3O4S/c1-24(21,22)13-8-6-11(7-9-13)15(20)23-10-12-4-2-3-5-14(12)16(17,18)19/h2-9H,10H2,1H3. The number of esters is 1. The Morgan fingerprint density at radius 3 is 2.17 bits per heavy atom. The van der Waals surface area contributed by atoms with Crippen molar-refractivity contribution >= 4 is 15.8 Å². The van der Waals surface area contributed by atoms with Crippen molar-refractivity contribution in [3.8, 4) is 0 Å². The molecular formula is C16H13F3O4S. The van der Waals surface area contributed by atoms with Crippen molar-refractivity contribution in [2.75, 3.05) is 6.26 Å². The van der Waals surface area contributed by atoms with Gasteiger partial charge in [-0.3, -0.25) is 0 Å². The molecule has 0 saturated carbocycles. The van der Waals surface area contributed by atoms with Gasteiger partial charge in [0.25, 0.3) is 0 Å². The van der Waals surface area contributed by atoms with E-state index in [9.17, 15) is 26.4 Å². The van der Waals surface area contributed by atoms with E-state index in [1.807, 2.05) is 0 Å². The van der Waals surface area contributed by atoms with Crippen molar-refractivity contribution in [1.29, 1.82) is 0 Å². The highest BCUT2D eigenvalue weighted by molar-refractivity contribution is 7.90. The van der Waals surface area contributed by atoms with Crippen molar-refractivity contribution in [2.45, 2.75) is 17.7 Å². The van der Waals surface area contributed by atoms with Gasteiger partial charge in [0.15, 0.2) is 9.84 Å². The maximum absolute atomic E-state index is 12.9. The first-order chi connectivity index (χ1) is 11.1. The van der Waals surface area contributed by atoms with Gasteiger partial charge in [0.1, 0.15) is 6.61 Å². The molecule has 0 atom stereocenters. The monoisotopic (exact) mass is 358 g/mol. The second-order valence-electron chi connectivity index (χ2n) is 5.03. The van der Waals surface area contributed by atoms with Crippen LogP contribution in [0.4, 0.5) is 13.2 Å². The fourth-order valence-corrected chi connectivity index (χ4v) is 2.62. The van der Waals surface area contributed by atoms with Crippen molar-refractivity contribution < 1.29 is 31.1 Å². The minimum atomic E-state index is -4.54. The third kappa shape index (κ3) is 4.35. The van der Waals surface area contributed by atoms with Gasteiger partial charge in [-0.1, -0.05) is 18.2 Å². The van der Waals surface area contributed by atoms with Crippen LogP contribution in [0.1, 0.15) is 21.5 Å². The largest absolute Gasteiger partial charge is 0.457 e. The van der Waals surface area contributed by atoms with Crippen LogP contribution in [-0.4, -0.2) is 20.6 Å². The van der Waals surface area contributed by atoms with Crippen molar-refractivity contribution in [3.05, 3.63) is 65.2 Å². The number of carbonyl (C=O) groups excluding carboxylic acids is 1. The molecule has 24 heavy (non-hydrogen) atoms. The zero-order valence-corrected chi connectivity index (χ0v) is 13.3. The summed E-state index contributed by atoms with van der Waals surface area (Å²) in [4.78, 5) is 11.9. The Bertz CT molecular complexity index is 840. The number of alkyl halides is 3. The molecule has 0 N–H and O–H groups in total. The minimum Gasteiger partial charge on any atom is -0.457 e. The Labute approximate surface area is 136 Å². The van der Waals surface area contributed by atoms with Crippen LogP contribution in [0.25, 0.3) is 0 Å². The molecule has 0 saturated heterocycles. The van der Waals surface area contributed by atoms with E-state index < -0.39 is 34.2 Å². The lowest BCUT2D eigenvalue weighted by Gasteiger charge is -2.12. The lowest BCUT2D eigenvalue weighted by atomic mass is 10.1. The molecule has 0 radical (unpaired) electrons. The Kier molecular flexibility index (Phi) is 4.98. The fourth-order valence-electron chi connectivity index (χ4n) is 1.99. The minimum absolute atomic E-state index is 0.0291. The van der Waals surface area contributed by atoms with E-state index in [1.165, 1.54) is 42.5 Å². The first-order valence-electron chi connectivity index (χ1n) is 6.71. The molecule has 0 aromatic heterocycles. The third-order valence-electron chi connectivity index (χ3n) is 3.20. The van der Waals surface area contributed by atoms with Gasteiger partial charge in [-0.05, 0) is 30.3 Å². The zero-order chi connectivity index (χ0) is 18.0. The second-order valence-corrected chi connectivity index (χ2v) is 7.04. The summed E-state index contributed by atoms with van der Waals surface area (Å²) >= 11 is 0. The van der Waals surface area contributed by atoms with E-state index in [1.54, 1.807) is 0 Å². The number of ether oxygens (including phenoxy) is 1. The van der Waals surface area contributed by atoms with E-state index in [2.05, 4.69) is 0 Å². The summed E-state index contributed by atoms with van der Waals surface area (Å²) in [6, 6.07) is 9.75. The van der Waals surface area contributed by atoms with Gasteiger partial charge in [0.05, 0.1) is 16.0 Å². The smallest absolute Gasteiger partial charge is 0.416 e. The quantitative estimate of drug-likeness (QED) is 0.786. The normalized spacial score (nSPS) is 12.0. The van der Waals surface area contributed by atoms with Crippen molar-refractivity contribution in [2.24, 2.45) is 0 Å². The summed E-state index contributed by atoms with van der Waals surface area (Å²) in [5.41, 5.74) is -0.983. The van der Waals surface area contributed by atoms with Gasteiger partial charge in [-0.15, -0.1) is 0 Å². The van der Waals surface area contributed by atoms with Gasteiger partial charge in [0, 0.05) is 11.8 Å². The summed E-state index contributed by atoms with van der Waals surface area (Å²) in [5, 5.41) is 0. The van der Waals surface area contributed by atoms with Crippen LogP contribution >= 0.6 is 0 Å². The van der Waals surface area contributed by atoms with Gasteiger partial charge in [-0.25, -0.2) is 13.2 Å². The number of rotatable bonds is 4. The van der Waals surface area contributed by atoms with Crippen LogP contribution < -0.4 is 0 Å². The van der Waals surface area contributed by atoms with Gasteiger partial charge >= 0.3 is 12.1 Å². The van der Waals surface area contributed by atoms with Crippen LogP contribution in [0.15, 0.2) is 53.4 Å². The molecular weight excluding hydrogens is 345 g/mol. The molecule has 2 aromatic rings. The highest BCUT2D eigenvalue weighted by Crippen LogP contribution is 2.32. The van der Waals surface area contributed by atoms with Crippen LogP contribution in [0, 0.1) is 0 Å². The highest BCUT2D eigenvalue weighted by atomic mass is 32.2. The van der Waals surface area contributed by atoms with Gasteiger partial charge in [0.2, 0.25) is 0 Å². The molecule has 0 aliphatic heterocycles. The lowest BCUT2D eigenvalue weighted by molar-refractivity contribution is -0.138. The lowest BCUT2D eigenvalue weighted by Crippen LogP contribution is -2.12. The Hall–Kier alpha value is -2.35. The highest BCUT2D eigenvalue weighted by Gasteiger charge is 2.33. The average Bonchev–Trinajstić information content (AvgIpc) is 2.51. The Morgan fingerprint density at radius 2 is 1.62 bits per heavy atom. The first-order valence-corrected chi connectivity index (χ1v) is 8.60. The molecule has 0 spiro atoms. The van der Waals surface area contributed by atoms with E-state index in [0.29, 0.717) is 0 Å². The maximum Gasteiger partial charge on any atom is 0.416 e. The number of carbonyl (C=O) groups is 1. The summed E-state index contributed by atoms with van der Waals surface area (Å²) in [5.74, 6) is -0.841. The zero-order valence-electron chi connectivity index (χ0n) is 12.5.